The Labute approximate surface area is 157 Å². The van der Waals surface area contributed by atoms with E-state index < -0.39 is 0 Å². The van der Waals surface area contributed by atoms with Gasteiger partial charge < -0.3 is 15.2 Å². The predicted octanol–water partition coefficient (Wildman–Crippen LogP) is 2.57. The maximum absolute atomic E-state index is 9.09. The second-order valence-electron chi connectivity index (χ2n) is 6.98. The van der Waals surface area contributed by atoms with E-state index in [9.17, 15) is 0 Å². The van der Waals surface area contributed by atoms with Crippen LogP contribution in [0.1, 0.15) is 32.1 Å². The third-order valence-electron chi connectivity index (χ3n) is 5.23. The fraction of sp³-hybridized carbons (Fsp3) is 0.474. The summed E-state index contributed by atoms with van der Waals surface area (Å²) in [5, 5.41) is 20.9. The van der Waals surface area contributed by atoms with Crippen LogP contribution in [0.25, 0.3) is 16.9 Å². The molecule has 1 fully saturated rings. The summed E-state index contributed by atoms with van der Waals surface area (Å²) < 4.78 is 6.91. The Morgan fingerprint density at radius 3 is 2.67 bits per heavy atom. The maximum Gasteiger partial charge on any atom is 0.225 e. The van der Waals surface area contributed by atoms with Gasteiger partial charge in [-0.25, -0.2) is 4.98 Å². The number of aromatic nitrogens is 5. The second-order valence-corrected chi connectivity index (χ2v) is 6.98. The van der Waals surface area contributed by atoms with Gasteiger partial charge >= 0.3 is 0 Å². The van der Waals surface area contributed by atoms with Gasteiger partial charge in [-0.15, -0.1) is 5.10 Å². The van der Waals surface area contributed by atoms with Crippen molar-refractivity contribution in [2.24, 2.45) is 5.92 Å². The molecule has 0 spiro atoms. The van der Waals surface area contributed by atoms with Crippen LogP contribution in [-0.2, 0) is 0 Å². The first kappa shape index (κ1) is 17.7. The SMILES string of the molecule is COc1ccc(-n2nnc3cnc(N[C@H]4CC[C@@H](CCO)CC4)nc32)cc1. The zero-order chi connectivity index (χ0) is 18.6. The van der Waals surface area contributed by atoms with E-state index in [0.717, 1.165) is 43.5 Å². The minimum absolute atomic E-state index is 0.283. The normalized spacial score (nSPS) is 19.9. The van der Waals surface area contributed by atoms with Gasteiger partial charge in [0.05, 0.1) is 19.0 Å². The molecule has 0 aliphatic heterocycles. The number of aliphatic hydroxyl groups is 1. The van der Waals surface area contributed by atoms with E-state index in [2.05, 4.69) is 25.6 Å². The number of aliphatic hydroxyl groups excluding tert-OH is 1. The molecule has 0 atom stereocenters. The zero-order valence-electron chi connectivity index (χ0n) is 15.4. The summed E-state index contributed by atoms with van der Waals surface area (Å²) in [5.74, 6) is 2.03. The van der Waals surface area contributed by atoms with Crippen LogP contribution in [0.5, 0.6) is 5.75 Å². The lowest BCUT2D eigenvalue weighted by Crippen LogP contribution is -2.27. The molecule has 8 heteroatoms. The third kappa shape index (κ3) is 3.85. The van der Waals surface area contributed by atoms with E-state index in [1.807, 2.05) is 24.3 Å². The molecule has 142 valence electrons. The van der Waals surface area contributed by atoms with E-state index >= 15 is 0 Å². The molecule has 1 aliphatic carbocycles. The second kappa shape index (κ2) is 7.87. The van der Waals surface area contributed by atoms with Gasteiger partial charge in [-0.05, 0) is 62.3 Å². The van der Waals surface area contributed by atoms with Gasteiger partial charge in [-0.1, -0.05) is 5.21 Å². The van der Waals surface area contributed by atoms with Crippen molar-refractivity contribution in [2.45, 2.75) is 38.1 Å². The van der Waals surface area contributed by atoms with Crippen molar-refractivity contribution in [3.63, 3.8) is 0 Å². The Bertz CT molecular complexity index is 887. The minimum atomic E-state index is 0.283. The molecule has 1 aromatic carbocycles. The van der Waals surface area contributed by atoms with Crippen LogP contribution < -0.4 is 10.1 Å². The molecule has 2 N–H and O–H groups in total. The van der Waals surface area contributed by atoms with Gasteiger partial charge in [0.25, 0.3) is 0 Å². The molecule has 27 heavy (non-hydrogen) atoms. The van der Waals surface area contributed by atoms with E-state index in [-0.39, 0.29) is 6.61 Å². The summed E-state index contributed by atoms with van der Waals surface area (Å²) >= 11 is 0. The van der Waals surface area contributed by atoms with Gasteiger partial charge in [-0.2, -0.15) is 9.67 Å². The number of methoxy groups -OCH3 is 1. The molecule has 0 bridgehead atoms. The van der Waals surface area contributed by atoms with Crippen molar-refractivity contribution >= 4 is 17.1 Å². The average molecular weight is 368 g/mol. The van der Waals surface area contributed by atoms with Crippen LogP contribution >= 0.6 is 0 Å². The number of rotatable bonds is 6. The molecule has 0 saturated heterocycles. The molecular weight excluding hydrogens is 344 g/mol. The number of fused-ring (bicyclic) bond motifs is 1. The van der Waals surface area contributed by atoms with Crippen LogP contribution in [-0.4, -0.2) is 49.8 Å². The van der Waals surface area contributed by atoms with E-state index in [4.69, 9.17) is 9.84 Å². The zero-order valence-corrected chi connectivity index (χ0v) is 15.4. The summed E-state index contributed by atoms with van der Waals surface area (Å²) in [7, 11) is 1.64. The predicted molar refractivity (Wildman–Crippen MR) is 102 cm³/mol. The van der Waals surface area contributed by atoms with E-state index in [0.29, 0.717) is 29.1 Å². The summed E-state index contributed by atoms with van der Waals surface area (Å²) in [6, 6.07) is 7.97. The highest BCUT2D eigenvalue weighted by molar-refractivity contribution is 5.72. The highest BCUT2D eigenvalue weighted by Crippen LogP contribution is 2.28. The topological polar surface area (TPSA) is 98.0 Å². The molecule has 2 heterocycles. The lowest BCUT2D eigenvalue weighted by molar-refractivity contribution is 0.225. The summed E-state index contributed by atoms with van der Waals surface area (Å²) in [6.45, 7) is 0.283. The number of hydrogen-bond donors (Lipinski definition) is 2. The molecule has 4 rings (SSSR count). The van der Waals surface area contributed by atoms with Gasteiger partial charge in [0, 0.05) is 12.6 Å². The molecule has 0 radical (unpaired) electrons. The third-order valence-corrected chi connectivity index (χ3v) is 5.23. The highest BCUT2D eigenvalue weighted by Gasteiger charge is 2.21. The fourth-order valence-electron chi connectivity index (χ4n) is 3.66. The number of anilines is 1. The van der Waals surface area contributed by atoms with Crippen molar-refractivity contribution in [3.05, 3.63) is 30.5 Å². The van der Waals surface area contributed by atoms with Crippen molar-refractivity contribution in [2.75, 3.05) is 19.0 Å². The molecular formula is C19H24N6O2. The van der Waals surface area contributed by atoms with Crippen LogP contribution in [0, 0.1) is 5.92 Å². The first-order valence-electron chi connectivity index (χ1n) is 9.37. The first-order valence-corrected chi connectivity index (χ1v) is 9.37. The Hall–Kier alpha value is -2.74. The Morgan fingerprint density at radius 2 is 1.96 bits per heavy atom. The highest BCUT2D eigenvalue weighted by atomic mass is 16.5. The van der Waals surface area contributed by atoms with Crippen LogP contribution in [0.2, 0.25) is 0 Å². The summed E-state index contributed by atoms with van der Waals surface area (Å²) in [6.07, 6.45) is 7.01. The lowest BCUT2D eigenvalue weighted by atomic mass is 9.84. The molecule has 2 aromatic heterocycles. The van der Waals surface area contributed by atoms with Crippen molar-refractivity contribution in [3.8, 4) is 11.4 Å². The van der Waals surface area contributed by atoms with Crippen LogP contribution in [0.15, 0.2) is 30.5 Å². The standard InChI is InChI=1S/C19H24N6O2/c1-27-16-8-6-15(7-9-16)25-18-17(23-24-25)12-20-19(22-18)21-14-4-2-13(3-5-14)10-11-26/h6-9,12-14,26H,2-5,10-11H2,1H3,(H,20,21,22)/t13-,14+. The number of hydrogen-bond acceptors (Lipinski definition) is 7. The number of nitrogens with one attached hydrogen (secondary N) is 1. The van der Waals surface area contributed by atoms with Crippen molar-refractivity contribution < 1.29 is 9.84 Å². The summed E-state index contributed by atoms with van der Waals surface area (Å²) in [4.78, 5) is 9.04. The molecule has 3 aromatic rings. The Kier molecular flexibility index (Phi) is 5.15. The number of ether oxygens (including phenoxy) is 1. The monoisotopic (exact) mass is 368 g/mol. The van der Waals surface area contributed by atoms with Gasteiger partial charge in [0.15, 0.2) is 11.2 Å². The average Bonchev–Trinajstić information content (AvgIpc) is 3.13. The quantitative estimate of drug-likeness (QED) is 0.690. The number of nitrogens with zero attached hydrogens (tertiary/aromatic N) is 5. The largest absolute Gasteiger partial charge is 0.497 e. The van der Waals surface area contributed by atoms with Crippen molar-refractivity contribution in [1.82, 2.24) is 25.0 Å². The first-order chi connectivity index (χ1) is 13.3. The lowest BCUT2D eigenvalue weighted by Gasteiger charge is -2.28. The smallest absolute Gasteiger partial charge is 0.225 e. The molecule has 1 saturated carbocycles. The summed E-state index contributed by atoms with van der Waals surface area (Å²) in [5.41, 5.74) is 2.20. The van der Waals surface area contributed by atoms with Gasteiger partial charge in [-0.3, -0.25) is 0 Å². The Balaban J connectivity index is 1.51. The van der Waals surface area contributed by atoms with E-state index in [1.165, 1.54) is 0 Å². The number of benzene rings is 1. The van der Waals surface area contributed by atoms with E-state index in [1.54, 1.807) is 18.0 Å². The van der Waals surface area contributed by atoms with Gasteiger partial charge in [0.2, 0.25) is 5.95 Å². The van der Waals surface area contributed by atoms with Crippen LogP contribution in [0.3, 0.4) is 0 Å². The van der Waals surface area contributed by atoms with Gasteiger partial charge in [0.1, 0.15) is 5.75 Å². The maximum atomic E-state index is 9.09. The Morgan fingerprint density at radius 1 is 1.19 bits per heavy atom. The molecule has 0 amide bonds. The fourth-order valence-corrected chi connectivity index (χ4v) is 3.66. The minimum Gasteiger partial charge on any atom is -0.497 e. The van der Waals surface area contributed by atoms with Crippen molar-refractivity contribution in [1.29, 1.82) is 0 Å². The van der Waals surface area contributed by atoms with Crippen LogP contribution in [0.4, 0.5) is 5.95 Å². The molecule has 8 nitrogen and oxygen atoms in total. The molecule has 0 unspecified atom stereocenters. The molecule has 1 aliphatic rings.